The Morgan fingerprint density at radius 1 is 0.367 bits per heavy atom. The quantitative estimate of drug-likeness (QED) is 0.0502. The van der Waals surface area contributed by atoms with E-state index < -0.39 is 104 Å². The van der Waals surface area contributed by atoms with E-state index in [1.807, 2.05) is 0 Å². The summed E-state index contributed by atoms with van der Waals surface area (Å²) in [6, 6.07) is 14.2. The molecule has 4 N–H and O–H groups in total. The van der Waals surface area contributed by atoms with Gasteiger partial charge in [0.25, 0.3) is 70.5 Å². The van der Waals surface area contributed by atoms with Crippen molar-refractivity contribution in [3.05, 3.63) is 235 Å². The molecule has 4 aromatic heterocycles. The second-order valence-corrected chi connectivity index (χ2v) is 30.1. The van der Waals surface area contributed by atoms with Crippen LogP contribution in [-0.4, -0.2) is 138 Å². The number of halogens is 4. The lowest BCUT2D eigenvalue weighted by molar-refractivity contribution is -0.124. The number of hydrogen-bond acceptors (Lipinski definition) is 16. The Balaban J connectivity index is 0.000000146. The van der Waals surface area contributed by atoms with E-state index in [-0.39, 0.29) is 138 Å². The molecule has 0 bridgehead atoms. The van der Waals surface area contributed by atoms with E-state index in [0.29, 0.717) is 97.8 Å². The van der Waals surface area contributed by atoms with Gasteiger partial charge in [-0.2, -0.15) is 0 Å². The monoisotopic (exact) mass is 1700 g/mol. The number of aryl methyl sites for hydroxylation is 4. The number of anilines is 8. The van der Waals surface area contributed by atoms with E-state index in [4.69, 9.17) is 86.1 Å². The van der Waals surface area contributed by atoms with Crippen molar-refractivity contribution in [3.63, 3.8) is 0 Å². The van der Waals surface area contributed by atoms with E-state index in [2.05, 4.69) is 60.6 Å². The first kappa shape index (κ1) is 74.1. The van der Waals surface area contributed by atoms with Crippen LogP contribution in [0, 0.1) is 77.3 Å². The molecule has 28 nitrogen and oxygen atoms in total. The number of thiocarbonyl (C=S) groups is 4. The van der Waals surface area contributed by atoms with Gasteiger partial charge in [-0.25, -0.2) is 17.6 Å². The van der Waals surface area contributed by atoms with E-state index in [9.17, 15) is 55.9 Å². The van der Waals surface area contributed by atoms with E-state index in [1.165, 1.54) is 84.2 Å². The van der Waals surface area contributed by atoms with Crippen molar-refractivity contribution in [2.75, 3.05) is 67.4 Å². The Labute approximate surface area is 719 Å². The van der Waals surface area contributed by atoms with Crippen LogP contribution in [0.3, 0.4) is 0 Å². The van der Waals surface area contributed by atoms with E-state index >= 15 is 0 Å². The van der Waals surface area contributed by atoms with E-state index in [1.54, 1.807) is 61.8 Å². The molecule has 120 heavy (non-hydrogen) atoms. The minimum atomic E-state index is -1.22. The number of carbonyl (C=O) groups excluding carboxylic acids is 8. The predicted octanol–water partition coefficient (Wildman–Crippen LogP) is 14.0. The van der Waals surface area contributed by atoms with Crippen LogP contribution in [0.1, 0.15) is 152 Å². The van der Waals surface area contributed by atoms with Crippen molar-refractivity contribution >= 4 is 185 Å². The van der Waals surface area contributed by atoms with Gasteiger partial charge in [-0.15, -0.1) is 19.9 Å². The van der Waals surface area contributed by atoms with Gasteiger partial charge >= 0.3 is 0 Å². The number of hydrogen-bond donors (Lipinski definition) is 4. The summed E-state index contributed by atoms with van der Waals surface area (Å²) in [7, 11) is 5.45. The number of amides is 8. The highest BCUT2D eigenvalue weighted by molar-refractivity contribution is 7.81. The fraction of sp³-hybridized carbons (Fsp3) is 0.286. The van der Waals surface area contributed by atoms with Crippen molar-refractivity contribution in [1.82, 2.24) is 41.2 Å². The smallest absolute Gasteiger partial charge is 0.272 e. The molecule has 8 fully saturated rings. The van der Waals surface area contributed by atoms with Crippen molar-refractivity contribution in [3.8, 4) is 0 Å². The van der Waals surface area contributed by atoms with E-state index in [0.717, 1.165) is 34.8 Å². The van der Waals surface area contributed by atoms with Gasteiger partial charge in [0.15, 0.2) is 20.4 Å². The summed E-state index contributed by atoms with van der Waals surface area (Å²) in [6.45, 7) is 35.3. The highest BCUT2D eigenvalue weighted by Crippen LogP contribution is 2.53. The molecule has 0 atom stereocenters. The fourth-order valence-corrected chi connectivity index (χ4v) is 17.0. The number of aromatic nitrogens is 4. The number of pyridine rings is 4. The van der Waals surface area contributed by atoms with Gasteiger partial charge in [-0.1, -0.05) is 26.3 Å². The first-order valence-electron chi connectivity index (χ1n) is 40.9. The highest BCUT2D eigenvalue weighted by Gasteiger charge is 2.64. The SMILES string of the molecule is [2H]c1cc(C(=O)NC)c(F)c([2H])c1N1C(=S)N(c2cc(C)c([N+]#[C-])nc2[2H])C(=O)C12CCC2.[2H]c1cc(C(=O)NC)c(F)c([2H])c1N1C(=S)N(c2cc(C)c([N+]#[C-])nc2[2H])C(=O)C12CCC2.[2H]c1nc([N+]#[C-])c(C)cc1N1C(=O)C2(CCC2)N(c2ccc(C(=O)NC)c(F)c2)C1=S.[2H]c1nc([N+]#[C-])c(C)cc1N1C(=O)C2(CCC2)N(c2ccc(C(=O)NC)c(F)c2)C1=S. The van der Waals surface area contributed by atoms with Crippen molar-refractivity contribution < 1.29 is 66.9 Å². The van der Waals surface area contributed by atoms with Gasteiger partial charge in [-0.3, -0.25) is 58.0 Å². The summed E-state index contributed by atoms with van der Waals surface area (Å²) in [4.78, 5) is 141. The molecule has 608 valence electrons. The lowest BCUT2D eigenvalue weighted by atomic mass is 9.75. The zero-order valence-electron chi connectivity index (χ0n) is 73.0. The molecular formula is C84H72F4N20O8S4. The summed E-state index contributed by atoms with van der Waals surface area (Å²) >= 11 is 22.4. The molecule has 16 rings (SSSR count). The Morgan fingerprint density at radius 3 is 0.792 bits per heavy atom. The van der Waals surface area contributed by atoms with Crippen molar-refractivity contribution in [1.29, 1.82) is 0 Å². The van der Waals surface area contributed by atoms with Crippen LogP contribution >= 0.6 is 48.9 Å². The normalized spacial score (nSPS) is 18.1. The van der Waals surface area contributed by atoms with Crippen molar-refractivity contribution in [2.24, 2.45) is 0 Å². The second kappa shape index (κ2) is 33.1. The largest absolute Gasteiger partial charge is 0.360 e. The van der Waals surface area contributed by atoms with Gasteiger partial charge in [-0.05, 0) is 273 Å². The molecule has 4 saturated carbocycles. The number of rotatable bonds is 12. The Kier molecular flexibility index (Phi) is 20.4. The van der Waals surface area contributed by atoms with Gasteiger partial charge < -0.3 is 60.2 Å². The van der Waals surface area contributed by atoms with Crippen LogP contribution in [0.25, 0.3) is 19.4 Å². The highest BCUT2D eigenvalue weighted by atomic mass is 32.1. The zero-order chi connectivity index (χ0) is 93.5. The maximum Gasteiger partial charge on any atom is 0.272 e. The zero-order valence-corrected chi connectivity index (χ0v) is 68.2. The predicted molar refractivity (Wildman–Crippen MR) is 457 cm³/mol. The maximum atomic E-state index is 15.0. The molecular weight excluding hydrogens is 1620 g/mol. The summed E-state index contributed by atoms with van der Waals surface area (Å²) in [6.07, 6.45) is 5.42. The second-order valence-electron chi connectivity index (χ2n) is 28.7. The van der Waals surface area contributed by atoms with Crippen LogP contribution in [0.5, 0.6) is 0 Å². The fourth-order valence-electron chi connectivity index (χ4n) is 15.2. The van der Waals surface area contributed by atoms with Gasteiger partial charge in [0.05, 0.1) is 50.5 Å². The first-order valence-corrected chi connectivity index (χ1v) is 38.6. The molecule has 8 amide bonds. The van der Waals surface area contributed by atoms with Crippen LogP contribution in [0.2, 0.25) is 0 Å². The topological polar surface area (TPSA) is 280 Å². The summed E-state index contributed by atoms with van der Waals surface area (Å²) in [5, 5.41) is 9.32. The standard InChI is InChI=1S/4C21H18FN5O2S/c4*1-12-9-14(11-25-17(12)23-2)26-19(29)21(7-4-8-21)27(20(26)30)13-5-6-15(16(22)10-13)18(28)24-3/h4*5-6,9-11H,4,7-8H2,1,3H3,(H,24,28)/i2*5D,10D,11D;2*11D. The molecule has 0 radical (unpaired) electrons. The van der Waals surface area contributed by atoms with Crippen LogP contribution in [0.4, 0.5) is 86.3 Å². The summed E-state index contributed by atoms with van der Waals surface area (Å²) < 4.78 is 126. The number of nitrogens with one attached hydrogen (secondary N) is 4. The molecule has 8 heterocycles. The number of carbonyl (C=O) groups is 8. The van der Waals surface area contributed by atoms with Gasteiger partial charge in [0.2, 0.25) is 0 Å². The summed E-state index contributed by atoms with van der Waals surface area (Å²) in [5.41, 5.74) is -2.69. The average molecular weight is 1700 g/mol. The third-order valence-electron chi connectivity index (χ3n) is 22.1. The van der Waals surface area contributed by atoms with Gasteiger partial charge in [0, 0.05) is 50.9 Å². The molecule has 0 unspecified atom stereocenters. The molecule has 4 spiro atoms. The van der Waals surface area contributed by atoms with Gasteiger partial charge in [0.1, 0.15) is 75.6 Å². The molecule has 8 aliphatic rings. The van der Waals surface area contributed by atoms with Crippen molar-refractivity contribution in [2.45, 2.75) is 127 Å². The third-order valence-corrected chi connectivity index (χ3v) is 23.5. The lowest BCUT2D eigenvalue weighted by Crippen LogP contribution is -2.55. The molecule has 8 aromatic rings. The number of nitrogens with zero attached hydrogens (tertiary/aromatic N) is 16. The molecule has 4 aliphatic heterocycles. The molecule has 4 saturated heterocycles. The summed E-state index contributed by atoms with van der Waals surface area (Å²) in [5.74, 6) is -7.62. The lowest BCUT2D eigenvalue weighted by Gasteiger charge is -2.43. The Hall–Kier alpha value is -13.5. The minimum absolute atomic E-state index is 0.0327. The minimum Gasteiger partial charge on any atom is -0.360 e. The number of benzene rings is 4. The Morgan fingerprint density at radius 2 is 0.592 bits per heavy atom. The third kappa shape index (κ3) is 14.0. The first-order chi connectivity index (χ1) is 60.7. The van der Waals surface area contributed by atoms with Crippen LogP contribution < -0.4 is 60.5 Å². The molecule has 4 aromatic carbocycles. The molecule has 36 heteroatoms. The molecule has 4 aliphatic carbocycles. The average Bonchev–Trinajstić information content (AvgIpc) is 1.55. The van der Waals surface area contributed by atoms with Crippen LogP contribution in [0.15, 0.2) is 122 Å². The maximum absolute atomic E-state index is 15.0. The Bertz CT molecular complexity index is 6110. The van der Waals surface area contributed by atoms with Crippen LogP contribution in [-0.2, 0) is 19.2 Å².